The van der Waals surface area contributed by atoms with Gasteiger partial charge in [-0.1, -0.05) is 17.4 Å². The summed E-state index contributed by atoms with van der Waals surface area (Å²) in [6.07, 6.45) is 7.16. The normalized spacial score (nSPS) is 16.6. The molecule has 1 fully saturated rings. The zero-order chi connectivity index (χ0) is 24.6. The van der Waals surface area contributed by atoms with E-state index in [1.807, 2.05) is 24.1 Å². The van der Waals surface area contributed by atoms with Crippen LogP contribution in [0.25, 0.3) is 33.4 Å². The largest absolute Gasteiger partial charge is 0.336 e. The van der Waals surface area contributed by atoms with Gasteiger partial charge in [0.05, 0.1) is 17.4 Å². The molecule has 6 rings (SSSR count). The third-order valence-electron chi connectivity index (χ3n) is 7.19. The van der Waals surface area contributed by atoms with Gasteiger partial charge in [-0.25, -0.2) is 13.9 Å². The number of aromatic nitrogens is 4. The van der Waals surface area contributed by atoms with Crippen LogP contribution in [0.15, 0.2) is 60.9 Å². The Morgan fingerprint density at radius 2 is 1.94 bits per heavy atom. The first-order valence-electron chi connectivity index (χ1n) is 12.3. The van der Waals surface area contributed by atoms with E-state index in [-0.39, 0.29) is 11.8 Å². The van der Waals surface area contributed by atoms with Crippen molar-refractivity contribution in [2.75, 3.05) is 39.3 Å². The van der Waals surface area contributed by atoms with Crippen molar-refractivity contribution >= 4 is 22.5 Å². The summed E-state index contributed by atoms with van der Waals surface area (Å²) in [6.45, 7) is 4.92. The lowest BCUT2D eigenvalue weighted by atomic mass is 9.97. The summed E-state index contributed by atoms with van der Waals surface area (Å²) < 4.78 is 17.5. The van der Waals surface area contributed by atoms with Gasteiger partial charge in [0, 0.05) is 74.7 Å². The Morgan fingerprint density at radius 3 is 2.64 bits per heavy atom. The average molecular weight is 486 g/mol. The Labute approximate surface area is 208 Å². The van der Waals surface area contributed by atoms with Gasteiger partial charge in [-0.2, -0.15) is 0 Å². The number of carbonyl (C=O) groups is 1. The van der Waals surface area contributed by atoms with Gasteiger partial charge in [-0.3, -0.25) is 4.90 Å². The molecule has 9 heteroatoms. The number of amides is 2. The standard InChI is InChI=1S/C27H28FN7O/c1-32-26(17-30-31-32)20-2-7-25-23(16-20)24(18-35(25)22-5-3-21(28)4-6-22)19-8-11-33(12-9-19)14-15-34-13-10-29-27(34)36/h2-8,16-18H,9-15H2,1H3,(H,29,36). The van der Waals surface area contributed by atoms with E-state index >= 15 is 0 Å². The third kappa shape index (κ3) is 4.15. The molecule has 8 nitrogen and oxygen atoms in total. The fraction of sp³-hybridized carbons (Fsp3) is 0.296. The van der Waals surface area contributed by atoms with Crippen LogP contribution in [0.4, 0.5) is 9.18 Å². The van der Waals surface area contributed by atoms with Crippen molar-refractivity contribution in [1.29, 1.82) is 0 Å². The van der Waals surface area contributed by atoms with Gasteiger partial charge in [0.25, 0.3) is 0 Å². The number of fused-ring (bicyclic) bond motifs is 1. The first-order valence-corrected chi connectivity index (χ1v) is 12.3. The minimum absolute atomic E-state index is 0.0382. The van der Waals surface area contributed by atoms with Crippen LogP contribution in [0.5, 0.6) is 0 Å². The van der Waals surface area contributed by atoms with E-state index in [1.54, 1.807) is 10.9 Å². The molecule has 0 unspecified atom stereocenters. The number of rotatable bonds is 6. The van der Waals surface area contributed by atoms with E-state index in [0.29, 0.717) is 0 Å². The molecule has 184 valence electrons. The highest BCUT2D eigenvalue weighted by atomic mass is 19.1. The number of hydrogen-bond donors (Lipinski definition) is 1. The summed E-state index contributed by atoms with van der Waals surface area (Å²) in [5.41, 5.74) is 6.48. The van der Waals surface area contributed by atoms with Crippen molar-refractivity contribution in [3.63, 3.8) is 0 Å². The molecule has 0 saturated carbocycles. The predicted octanol–water partition coefficient (Wildman–Crippen LogP) is 3.68. The maximum atomic E-state index is 13.6. The number of halogens is 1. The molecule has 2 aliphatic rings. The van der Waals surface area contributed by atoms with E-state index in [2.05, 4.69) is 55.6 Å². The van der Waals surface area contributed by atoms with Crippen LogP contribution >= 0.6 is 0 Å². The van der Waals surface area contributed by atoms with Crippen LogP contribution in [-0.4, -0.2) is 74.7 Å². The summed E-state index contributed by atoms with van der Waals surface area (Å²) in [7, 11) is 1.89. The van der Waals surface area contributed by atoms with Gasteiger partial charge < -0.3 is 14.8 Å². The second-order valence-corrected chi connectivity index (χ2v) is 9.36. The first-order chi connectivity index (χ1) is 17.6. The second-order valence-electron chi connectivity index (χ2n) is 9.36. The van der Waals surface area contributed by atoms with Crippen molar-refractivity contribution < 1.29 is 9.18 Å². The number of nitrogens with one attached hydrogen (secondary N) is 1. The molecule has 4 heterocycles. The van der Waals surface area contributed by atoms with Crippen molar-refractivity contribution in [3.8, 4) is 16.9 Å². The SMILES string of the molecule is Cn1nncc1-c1ccc2c(c1)c(C1=CCN(CCN3CCNC3=O)CC1)cn2-c1ccc(F)cc1. The summed E-state index contributed by atoms with van der Waals surface area (Å²) in [5.74, 6) is -0.247. The van der Waals surface area contributed by atoms with Crippen LogP contribution < -0.4 is 5.32 Å². The Balaban J connectivity index is 1.33. The van der Waals surface area contributed by atoms with Gasteiger partial charge in [0.2, 0.25) is 0 Å². The number of hydrogen-bond acceptors (Lipinski definition) is 4. The van der Waals surface area contributed by atoms with Crippen LogP contribution in [0, 0.1) is 5.82 Å². The molecule has 0 aliphatic carbocycles. The number of urea groups is 1. The Kier molecular flexibility index (Phi) is 5.77. The molecule has 2 aromatic heterocycles. The highest BCUT2D eigenvalue weighted by Crippen LogP contribution is 2.35. The van der Waals surface area contributed by atoms with Gasteiger partial charge >= 0.3 is 6.03 Å². The summed E-state index contributed by atoms with van der Waals surface area (Å²) >= 11 is 0. The second kappa shape index (κ2) is 9.23. The molecule has 2 aliphatic heterocycles. The monoisotopic (exact) mass is 485 g/mol. The van der Waals surface area contributed by atoms with Crippen molar-refractivity contribution in [3.05, 3.63) is 72.3 Å². The fourth-order valence-corrected chi connectivity index (χ4v) is 5.16. The number of nitrogens with zero attached hydrogens (tertiary/aromatic N) is 6. The van der Waals surface area contributed by atoms with Crippen LogP contribution in [0.2, 0.25) is 0 Å². The fourth-order valence-electron chi connectivity index (χ4n) is 5.16. The highest BCUT2D eigenvalue weighted by Gasteiger charge is 2.22. The van der Waals surface area contributed by atoms with E-state index < -0.39 is 0 Å². The molecular formula is C27H28FN7O. The number of aryl methyl sites for hydroxylation is 1. The minimum atomic E-state index is -0.247. The molecule has 2 amide bonds. The summed E-state index contributed by atoms with van der Waals surface area (Å²) in [6, 6.07) is 13.0. The van der Waals surface area contributed by atoms with Crippen LogP contribution in [-0.2, 0) is 7.05 Å². The minimum Gasteiger partial charge on any atom is -0.336 e. The van der Waals surface area contributed by atoms with E-state index in [4.69, 9.17) is 0 Å². The third-order valence-corrected chi connectivity index (χ3v) is 7.19. The first kappa shape index (κ1) is 22.5. The van der Waals surface area contributed by atoms with Crippen molar-refractivity contribution in [1.82, 2.24) is 34.7 Å². The lowest BCUT2D eigenvalue weighted by Crippen LogP contribution is -2.38. The quantitative estimate of drug-likeness (QED) is 0.452. The maximum absolute atomic E-state index is 13.6. The smallest absolute Gasteiger partial charge is 0.317 e. The molecule has 1 saturated heterocycles. The zero-order valence-electron chi connectivity index (χ0n) is 20.2. The molecule has 0 spiro atoms. The lowest BCUT2D eigenvalue weighted by Gasteiger charge is -2.28. The molecule has 4 aromatic rings. The molecule has 0 radical (unpaired) electrons. The van der Waals surface area contributed by atoms with Gasteiger partial charge in [-0.05, 0) is 48.4 Å². The van der Waals surface area contributed by atoms with Crippen molar-refractivity contribution in [2.24, 2.45) is 7.05 Å². The molecule has 0 atom stereocenters. The maximum Gasteiger partial charge on any atom is 0.317 e. The Bertz CT molecular complexity index is 1450. The van der Waals surface area contributed by atoms with E-state index in [0.717, 1.165) is 73.5 Å². The van der Waals surface area contributed by atoms with E-state index in [9.17, 15) is 9.18 Å². The molecular weight excluding hydrogens is 457 g/mol. The highest BCUT2D eigenvalue weighted by molar-refractivity contribution is 5.96. The zero-order valence-corrected chi connectivity index (χ0v) is 20.2. The molecule has 36 heavy (non-hydrogen) atoms. The molecule has 0 bridgehead atoms. The van der Waals surface area contributed by atoms with Gasteiger partial charge in [0.15, 0.2) is 0 Å². The van der Waals surface area contributed by atoms with Crippen LogP contribution in [0.3, 0.4) is 0 Å². The Hall–Kier alpha value is -3.98. The average Bonchev–Trinajstić information content (AvgIpc) is 3.61. The topological polar surface area (TPSA) is 71.2 Å². The van der Waals surface area contributed by atoms with Gasteiger partial charge in [0.1, 0.15) is 5.82 Å². The van der Waals surface area contributed by atoms with Crippen molar-refractivity contribution in [2.45, 2.75) is 6.42 Å². The molecule has 1 N–H and O–H groups in total. The number of benzene rings is 2. The summed E-state index contributed by atoms with van der Waals surface area (Å²) in [4.78, 5) is 16.1. The Morgan fingerprint density at radius 1 is 1.08 bits per heavy atom. The van der Waals surface area contributed by atoms with Gasteiger partial charge in [-0.15, -0.1) is 5.10 Å². The summed E-state index contributed by atoms with van der Waals surface area (Å²) in [5, 5.41) is 12.1. The van der Waals surface area contributed by atoms with E-state index in [1.165, 1.54) is 23.3 Å². The number of carbonyl (C=O) groups excluding carboxylic acids is 1. The van der Waals surface area contributed by atoms with Crippen LogP contribution in [0.1, 0.15) is 12.0 Å². The predicted molar refractivity (Wildman–Crippen MR) is 137 cm³/mol. The molecule has 2 aromatic carbocycles. The lowest BCUT2D eigenvalue weighted by molar-refractivity contribution is 0.205.